The van der Waals surface area contributed by atoms with Gasteiger partial charge in [-0.1, -0.05) is 0 Å². The van der Waals surface area contributed by atoms with Crippen molar-refractivity contribution < 1.29 is 18.7 Å². The van der Waals surface area contributed by atoms with Crippen LogP contribution in [0.15, 0.2) is 24.3 Å². The molecule has 0 radical (unpaired) electrons. The van der Waals surface area contributed by atoms with Gasteiger partial charge in [0.1, 0.15) is 6.17 Å². The largest absolute Gasteiger partial charge is 0.383 e. The highest BCUT2D eigenvalue weighted by Gasteiger charge is 2.23. The Balaban J connectivity index is 1.74. The van der Waals surface area contributed by atoms with Gasteiger partial charge in [0, 0.05) is 44.0 Å². The topological polar surface area (TPSA) is 91.5 Å². The number of urea groups is 1. The normalized spacial score (nSPS) is 19.8. The lowest BCUT2D eigenvalue weighted by atomic mass is 10.2. The fourth-order valence-electron chi connectivity index (χ4n) is 2.39. The van der Waals surface area contributed by atoms with Crippen LogP contribution in [0.25, 0.3) is 0 Å². The van der Waals surface area contributed by atoms with Crippen molar-refractivity contribution in [2.45, 2.75) is 18.6 Å². The molecule has 1 aromatic rings. The third-order valence-corrected chi connectivity index (χ3v) is 3.67. The van der Waals surface area contributed by atoms with Crippen molar-refractivity contribution >= 4 is 17.6 Å². The lowest BCUT2D eigenvalue weighted by Gasteiger charge is -2.12. The Bertz CT molecular complexity index is 553. The summed E-state index contributed by atoms with van der Waals surface area (Å²) in [6, 6.07) is 6.15. The maximum Gasteiger partial charge on any atom is 0.319 e. The first-order valence-electron chi connectivity index (χ1n) is 7.88. The second-order valence-corrected chi connectivity index (χ2v) is 5.60. The van der Waals surface area contributed by atoms with Crippen LogP contribution in [-0.4, -0.2) is 57.5 Å². The number of ether oxygens (including phenoxy) is 1. The van der Waals surface area contributed by atoms with E-state index in [2.05, 4.69) is 21.3 Å². The monoisotopic (exact) mass is 338 g/mol. The van der Waals surface area contributed by atoms with Crippen LogP contribution in [0.2, 0.25) is 0 Å². The minimum absolute atomic E-state index is 0.0380. The number of anilines is 1. The standard InChI is InChI=1S/C16H23FN4O3/c1-24-7-6-18-15(22)11-2-4-13(5-3-11)21-16(23)20-10-14-8-12(17)9-19-14/h2-5,12,14,19H,6-10H2,1H3,(H,18,22)(H2,20,21,23). The Morgan fingerprint density at radius 1 is 1.29 bits per heavy atom. The van der Waals surface area contributed by atoms with Crippen LogP contribution < -0.4 is 21.3 Å². The zero-order chi connectivity index (χ0) is 17.4. The molecule has 0 spiro atoms. The first-order valence-corrected chi connectivity index (χ1v) is 7.88. The molecule has 2 unspecified atom stereocenters. The zero-order valence-corrected chi connectivity index (χ0v) is 13.6. The average Bonchev–Trinajstić information content (AvgIpc) is 2.99. The fraction of sp³-hybridized carbons (Fsp3) is 0.500. The van der Waals surface area contributed by atoms with Gasteiger partial charge in [-0.25, -0.2) is 9.18 Å². The smallest absolute Gasteiger partial charge is 0.319 e. The van der Waals surface area contributed by atoms with Gasteiger partial charge in [-0.15, -0.1) is 0 Å². The predicted octanol–water partition coefficient (Wildman–Crippen LogP) is 0.884. The molecule has 0 aromatic heterocycles. The Labute approximate surface area is 140 Å². The maximum absolute atomic E-state index is 13.0. The molecular formula is C16H23FN4O3. The number of hydrogen-bond acceptors (Lipinski definition) is 4. The minimum Gasteiger partial charge on any atom is -0.383 e. The summed E-state index contributed by atoms with van der Waals surface area (Å²) in [5.74, 6) is -0.198. The summed E-state index contributed by atoms with van der Waals surface area (Å²) in [6.45, 7) is 1.59. The second-order valence-electron chi connectivity index (χ2n) is 5.60. The summed E-state index contributed by atoms with van der Waals surface area (Å²) in [5.41, 5.74) is 1.07. The third kappa shape index (κ3) is 5.78. The average molecular weight is 338 g/mol. The van der Waals surface area contributed by atoms with Gasteiger partial charge in [0.15, 0.2) is 0 Å². The van der Waals surface area contributed by atoms with E-state index in [1.807, 2.05) is 0 Å². The van der Waals surface area contributed by atoms with Crippen LogP contribution in [0, 0.1) is 0 Å². The molecule has 1 saturated heterocycles. The van der Waals surface area contributed by atoms with Crippen molar-refractivity contribution in [1.82, 2.24) is 16.0 Å². The van der Waals surface area contributed by atoms with Crippen molar-refractivity contribution in [3.63, 3.8) is 0 Å². The summed E-state index contributed by atoms with van der Waals surface area (Å²) in [7, 11) is 1.57. The number of benzene rings is 1. The van der Waals surface area contributed by atoms with Gasteiger partial charge in [-0.2, -0.15) is 0 Å². The van der Waals surface area contributed by atoms with Gasteiger partial charge in [0.25, 0.3) is 5.91 Å². The Hall–Kier alpha value is -2.19. The maximum atomic E-state index is 13.0. The molecule has 24 heavy (non-hydrogen) atoms. The highest BCUT2D eigenvalue weighted by molar-refractivity contribution is 5.95. The quantitative estimate of drug-likeness (QED) is 0.556. The van der Waals surface area contributed by atoms with Crippen molar-refractivity contribution in [2.24, 2.45) is 0 Å². The number of carbonyl (C=O) groups is 2. The van der Waals surface area contributed by atoms with Crippen LogP contribution in [0.3, 0.4) is 0 Å². The van der Waals surface area contributed by atoms with Crippen LogP contribution >= 0.6 is 0 Å². The lowest BCUT2D eigenvalue weighted by Crippen LogP contribution is -2.39. The van der Waals surface area contributed by atoms with E-state index in [1.165, 1.54) is 0 Å². The molecule has 7 nitrogen and oxygen atoms in total. The number of carbonyl (C=O) groups excluding carboxylic acids is 2. The summed E-state index contributed by atoms with van der Waals surface area (Å²) < 4.78 is 17.9. The first-order chi connectivity index (χ1) is 11.6. The molecule has 0 saturated carbocycles. The number of hydrogen-bond donors (Lipinski definition) is 4. The van der Waals surface area contributed by atoms with Crippen molar-refractivity contribution in [2.75, 3.05) is 38.7 Å². The molecule has 1 aromatic carbocycles. The molecule has 0 aliphatic carbocycles. The van der Waals surface area contributed by atoms with Gasteiger partial charge in [-0.3, -0.25) is 4.79 Å². The number of nitrogens with one attached hydrogen (secondary N) is 4. The highest BCUT2D eigenvalue weighted by atomic mass is 19.1. The summed E-state index contributed by atoms with van der Waals surface area (Å²) in [6.07, 6.45) is -0.435. The molecule has 3 amide bonds. The van der Waals surface area contributed by atoms with E-state index in [9.17, 15) is 14.0 Å². The van der Waals surface area contributed by atoms with Gasteiger partial charge < -0.3 is 26.0 Å². The van der Waals surface area contributed by atoms with Crippen LogP contribution in [0.1, 0.15) is 16.8 Å². The summed E-state index contributed by atoms with van der Waals surface area (Å²) in [5, 5.41) is 11.1. The molecule has 2 atom stereocenters. The van der Waals surface area contributed by atoms with Crippen molar-refractivity contribution in [3.8, 4) is 0 Å². The molecule has 2 rings (SSSR count). The molecule has 8 heteroatoms. The molecule has 1 fully saturated rings. The summed E-state index contributed by atoms with van der Waals surface area (Å²) >= 11 is 0. The third-order valence-electron chi connectivity index (χ3n) is 3.67. The van der Waals surface area contributed by atoms with E-state index in [0.717, 1.165) is 0 Å². The SMILES string of the molecule is COCCNC(=O)c1ccc(NC(=O)NCC2CC(F)CN2)cc1. The summed E-state index contributed by atoms with van der Waals surface area (Å²) in [4.78, 5) is 23.6. The van der Waals surface area contributed by atoms with Gasteiger partial charge in [0.05, 0.1) is 6.61 Å². The Kier molecular flexibility index (Phi) is 6.95. The van der Waals surface area contributed by atoms with E-state index in [4.69, 9.17) is 4.74 Å². The van der Waals surface area contributed by atoms with E-state index in [-0.39, 0.29) is 18.0 Å². The number of amides is 3. The van der Waals surface area contributed by atoms with E-state index >= 15 is 0 Å². The molecule has 132 valence electrons. The van der Waals surface area contributed by atoms with Gasteiger partial charge in [-0.05, 0) is 30.7 Å². The van der Waals surface area contributed by atoms with Crippen molar-refractivity contribution in [3.05, 3.63) is 29.8 Å². The second kappa shape index (κ2) is 9.19. The molecule has 1 aliphatic heterocycles. The molecule has 1 heterocycles. The number of halogens is 1. The number of methoxy groups -OCH3 is 1. The van der Waals surface area contributed by atoms with Gasteiger partial charge in [0.2, 0.25) is 0 Å². The van der Waals surface area contributed by atoms with E-state index in [1.54, 1.807) is 31.4 Å². The predicted molar refractivity (Wildman–Crippen MR) is 89.0 cm³/mol. The Morgan fingerprint density at radius 3 is 2.67 bits per heavy atom. The minimum atomic E-state index is -0.845. The molecule has 1 aliphatic rings. The van der Waals surface area contributed by atoms with Crippen LogP contribution in [-0.2, 0) is 4.74 Å². The Morgan fingerprint density at radius 2 is 2.04 bits per heavy atom. The highest BCUT2D eigenvalue weighted by Crippen LogP contribution is 2.10. The lowest BCUT2D eigenvalue weighted by molar-refractivity contribution is 0.0937. The molecule has 4 N–H and O–H groups in total. The van der Waals surface area contributed by atoms with E-state index < -0.39 is 6.17 Å². The van der Waals surface area contributed by atoms with E-state index in [0.29, 0.717) is 43.9 Å². The van der Waals surface area contributed by atoms with Crippen molar-refractivity contribution in [1.29, 1.82) is 0 Å². The van der Waals surface area contributed by atoms with Gasteiger partial charge >= 0.3 is 6.03 Å². The zero-order valence-electron chi connectivity index (χ0n) is 13.6. The number of rotatable bonds is 7. The molecular weight excluding hydrogens is 315 g/mol. The fourth-order valence-corrected chi connectivity index (χ4v) is 2.39. The van der Waals surface area contributed by atoms with Crippen LogP contribution in [0.5, 0.6) is 0 Å². The van der Waals surface area contributed by atoms with Crippen LogP contribution in [0.4, 0.5) is 14.9 Å². The first kappa shape index (κ1) is 18.2. The number of alkyl halides is 1. The molecule has 0 bridgehead atoms.